The Kier molecular flexibility index (Phi) is 7.85. The molecule has 0 heterocycles. The normalized spacial score (nSPS) is 11.0. The topological polar surface area (TPSA) is 120 Å². The Bertz CT molecular complexity index is 628. The van der Waals surface area contributed by atoms with E-state index in [-0.39, 0.29) is 18.5 Å². The summed E-state index contributed by atoms with van der Waals surface area (Å²) in [5.41, 5.74) is 11.6. The van der Waals surface area contributed by atoms with Gasteiger partial charge in [-0.3, -0.25) is 9.79 Å². The molecular weight excluding hydrogens is 308 g/mol. The molecule has 1 aromatic rings. The molecule has 24 heavy (non-hydrogen) atoms. The number of guanidine groups is 1. The molecule has 1 amide bonds. The second-order valence-corrected chi connectivity index (χ2v) is 4.95. The average molecular weight is 330 g/mol. The minimum Gasteiger partial charge on any atom is -0.464 e. The maximum atomic E-state index is 12.3. The van der Waals surface area contributed by atoms with E-state index in [1.807, 2.05) is 0 Å². The molecule has 0 aromatic heterocycles. The molecular formula is C17H22N4O3. The number of nitrogens with zero attached hydrogens (tertiary/aromatic N) is 1. The summed E-state index contributed by atoms with van der Waals surface area (Å²) < 4.78 is 4.99. The SMILES string of the molecule is C#Cc1ccc(C(=O)N[C@@H](CCCN=C(N)N)C(=O)OCC)cc1. The van der Waals surface area contributed by atoms with Crippen LogP contribution in [-0.2, 0) is 9.53 Å². The second kappa shape index (κ2) is 9.90. The van der Waals surface area contributed by atoms with Gasteiger partial charge in [-0.05, 0) is 44.0 Å². The summed E-state index contributed by atoms with van der Waals surface area (Å²) in [7, 11) is 0. The van der Waals surface area contributed by atoms with E-state index in [0.29, 0.717) is 30.5 Å². The number of aliphatic imine (C=N–C) groups is 1. The average Bonchev–Trinajstić information content (AvgIpc) is 2.57. The minimum atomic E-state index is -0.765. The van der Waals surface area contributed by atoms with Crippen molar-refractivity contribution in [3.05, 3.63) is 35.4 Å². The van der Waals surface area contributed by atoms with Crippen molar-refractivity contribution in [2.45, 2.75) is 25.8 Å². The molecule has 1 aromatic carbocycles. The van der Waals surface area contributed by atoms with E-state index >= 15 is 0 Å². The molecule has 0 saturated carbocycles. The number of hydrogen-bond donors (Lipinski definition) is 3. The molecule has 0 aliphatic heterocycles. The Morgan fingerprint density at radius 3 is 2.54 bits per heavy atom. The number of esters is 1. The lowest BCUT2D eigenvalue weighted by molar-refractivity contribution is -0.145. The fourth-order valence-electron chi connectivity index (χ4n) is 1.95. The third-order valence-electron chi connectivity index (χ3n) is 3.14. The van der Waals surface area contributed by atoms with Crippen LogP contribution in [0.15, 0.2) is 29.3 Å². The molecule has 0 aliphatic rings. The van der Waals surface area contributed by atoms with E-state index in [2.05, 4.69) is 16.2 Å². The highest BCUT2D eigenvalue weighted by molar-refractivity contribution is 5.96. The van der Waals surface area contributed by atoms with Crippen molar-refractivity contribution in [1.82, 2.24) is 5.32 Å². The lowest BCUT2D eigenvalue weighted by Gasteiger charge is -2.17. The molecule has 5 N–H and O–H groups in total. The number of carbonyl (C=O) groups excluding carboxylic acids is 2. The quantitative estimate of drug-likeness (QED) is 0.209. The van der Waals surface area contributed by atoms with Crippen LogP contribution in [0.4, 0.5) is 0 Å². The number of ether oxygens (including phenoxy) is 1. The number of carbonyl (C=O) groups is 2. The molecule has 0 spiro atoms. The lowest BCUT2D eigenvalue weighted by Crippen LogP contribution is -2.42. The van der Waals surface area contributed by atoms with Gasteiger partial charge in [-0.15, -0.1) is 6.42 Å². The predicted octanol–water partition coefficient (Wildman–Crippen LogP) is 0.383. The van der Waals surface area contributed by atoms with Crippen molar-refractivity contribution in [3.8, 4) is 12.3 Å². The van der Waals surface area contributed by atoms with Crippen molar-refractivity contribution >= 4 is 17.8 Å². The standard InChI is InChI=1S/C17H22N4O3/c1-3-12-7-9-13(10-8-12)15(22)21-14(16(23)24-4-2)6-5-11-20-17(18)19/h1,7-10,14H,4-6,11H2,2H3,(H,21,22)(H4,18,19,20)/t14-/m0/s1. The molecule has 7 nitrogen and oxygen atoms in total. The van der Waals surface area contributed by atoms with Crippen LogP contribution in [0.3, 0.4) is 0 Å². The maximum Gasteiger partial charge on any atom is 0.328 e. The first-order valence-electron chi connectivity index (χ1n) is 7.57. The summed E-state index contributed by atoms with van der Waals surface area (Å²) in [6.45, 7) is 2.30. The van der Waals surface area contributed by atoms with E-state index in [9.17, 15) is 9.59 Å². The van der Waals surface area contributed by atoms with Crippen molar-refractivity contribution in [1.29, 1.82) is 0 Å². The largest absolute Gasteiger partial charge is 0.464 e. The van der Waals surface area contributed by atoms with Gasteiger partial charge in [-0.1, -0.05) is 5.92 Å². The van der Waals surface area contributed by atoms with E-state index in [4.69, 9.17) is 22.6 Å². The molecule has 0 radical (unpaired) electrons. The number of hydrogen-bond acceptors (Lipinski definition) is 4. The summed E-state index contributed by atoms with van der Waals surface area (Å²) in [5, 5.41) is 2.67. The van der Waals surface area contributed by atoms with Crippen molar-refractivity contribution in [3.63, 3.8) is 0 Å². The summed E-state index contributed by atoms with van der Waals surface area (Å²) in [6.07, 6.45) is 6.17. The van der Waals surface area contributed by atoms with Gasteiger partial charge in [0.05, 0.1) is 6.61 Å². The molecule has 0 saturated heterocycles. The van der Waals surface area contributed by atoms with Crippen LogP contribution in [0.1, 0.15) is 35.7 Å². The maximum absolute atomic E-state index is 12.3. The fraction of sp³-hybridized carbons (Fsp3) is 0.353. The van der Waals surface area contributed by atoms with Gasteiger partial charge in [0.15, 0.2) is 5.96 Å². The number of terminal acetylenes is 1. The van der Waals surface area contributed by atoms with Gasteiger partial charge in [0, 0.05) is 17.7 Å². The van der Waals surface area contributed by atoms with Crippen LogP contribution >= 0.6 is 0 Å². The number of benzene rings is 1. The van der Waals surface area contributed by atoms with E-state index in [1.165, 1.54) is 0 Å². The van der Waals surface area contributed by atoms with E-state index < -0.39 is 12.0 Å². The first-order valence-corrected chi connectivity index (χ1v) is 7.57. The van der Waals surface area contributed by atoms with Crippen molar-refractivity contribution in [2.75, 3.05) is 13.2 Å². The monoisotopic (exact) mass is 330 g/mol. The molecule has 128 valence electrons. The number of nitrogens with two attached hydrogens (primary N) is 2. The number of nitrogens with one attached hydrogen (secondary N) is 1. The highest BCUT2D eigenvalue weighted by Crippen LogP contribution is 2.06. The van der Waals surface area contributed by atoms with Gasteiger partial charge in [0.1, 0.15) is 6.04 Å². The Labute approximate surface area is 141 Å². The second-order valence-electron chi connectivity index (χ2n) is 4.95. The Morgan fingerprint density at radius 2 is 2.00 bits per heavy atom. The zero-order chi connectivity index (χ0) is 17.9. The third-order valence-corrected chi connectivity index (χ3v) is 3.14. The zero-order valence-electron chi connectivity index (χ0n) is 13.6. The molecule has 0 unspecified atom stereocenters. The minimum absolute atomic E-state index is 0.0136. The summed E-state index contributed by atoms with van der Waals surface area (Å²) in [5.74, 6) is 1.59. The van der Waals surface area contributed by atoms with Crippen LogP contribution in [0, 0.1) is 12.3 Å². The Morgan fingerprint density at radius 1 is 1.33 bits per heavy atom. The summed E-state index contributed by atoms with van der Waals surface area (Å²) in [4.78, 5) is 28.1. The van der Waals surface area contributed by atoms with Crippen LogP contribution in [0.25, 0.3) is 0 Å². The first-order chi connectivity index (χ1) is 11.5. The van der Waals surface area contributed by atoms with Crippen LogP contribution in [-0.4, -0.2) is 37.0 Å². The van der Waals surface area contributed by atoms with Gasteiger partial charge >= 0.3 is 5.97 Å². The van der Waals surface area contributed by atoms with E-state index in [1.54, 1.807) is 31.2 Å². The van der Waals surface area contributed by atoms with E-state index in [0.717, 1.165) is 0 Å². The van der Waals surface area contributed by atoms with Gasteiger partial charge in [-0.25, -0.2) is 4.79 Å². The summed E-state index contributed by atoms with van der Waals surface area (Å²) >= 11 is 0. The van der Waals surface area contributed by atoms with Crippen LogP contribution in [0.2, 0.25) is 0 Å². The Balaban J connectivity index is 2.71. The van der Waals surface area contributed by atoms with Crippen LogP contribution < -0.4 is 16.8 Å². The fourth-order valence-corrected chi connectivity index (χ4v) is 1.95. The summed E-state index contributed by atoms with van der Waals surface area (Å²) in [6, 6.07) is 5.76. The van der Waals surface area contributed by atoms with Crippen molar-refractivity contribution in [2.24, 2.45) is 16.5 Å². The van der Waals surface area contributed by atoms with Crippen LogP contribution in [0.5, 0.6) is 0 Å². The zero-order valence-corrected chi connectivity index (χ0v) is 13.6. The highest BCUT2D eigenvalue weighted by Gasteiger charge is 2.22. The molecule has 7 heteroatoms. The van der Waals surface area contributed by atoms with Gasteiger partial charge in [0.2, 0.25) is 0 Å². The molecule has 0 aliphatic carbocycles. The lowest BCUT2D eigenvalue weighted by atomic mass is 10.1. The first kappa shape index (κ1) is 19.0. The van der Waals surface area contributed by atoms with Gasteiger partial charge in [-0.2, -0.15) is 0 Å². The third kappa shape index (κ3) is 6.40. The van der Waals surface area contributed by atoms with Gasteiger partial charge in [0.25, 0.3) is 5.91 Å². The smallest absolute Gasteiger partial charge is 0.328 e. The van der Waals surface area contributed by atoms with Gasteiger partial charge < -0.3 is 21.5 Å². The highest BCUT2D eigenvalue weighted by atomic mass is 16.5. The Hall–Kier alpha value is -3.01. The molecule has 1 atom stereocenters. The molecule has 1 rings (SSSR count). The molecule has 0 fully saturated rings. The predicted molar refractivity (Wildman–Crippen MR) is 92.2 cm³/mol. The number of amides is 1. The van der Waals surface area contributed by atoms with Crippen molar-refractivity contribution < 1.29 is 14.3 Å². The molecule has 0 bridgehead atoms. The number of rotatable bonds is 8.